The number of amides is 2. The van der Waals surface area contributed by atoms with Crippen LogP contribution < -0.4 is 15.6 Å². The molecule has 0 radical (unpaired) electrons. The number of cyclic esters (lactones) is 1. The summed E-state index contributed by atoms with van der Waals surface area (Å²) in [6, 6.07) is 7.49. The lowest BCUT2D eigenvalue weighted by Crippen LogP contribution is -2.70. The predicted octanol–water partition coefficient (Wildman–Crippen LogP) is 6.40. The number of esters is 1. The Labute approximate surface area is 445 Å². The molecular formula is C57H77N9O8S. The second-order valence-corrected chi connectivity index (χ2v) is 24.9. The second kappa shape index (κ2) is 20.7. The van der Waals surface area contributed by atoms with Crippen LogP contribution in [0.3, 0.4) is 0 Å². The fourth-order valence-electron chi connectivity index (χ4n) is 13.0. The number of anilines is 1. The van der Waals surface area contributed by atoms with Gasteiger partial charge in [-0.05, 0) is 87.5 Å². The van der Waals surface area contributed by atoms with Gasteiger partial charge in [-0.3, -0.25) is 34.2 Å². The molecule has 4 aromatic rings. The fraction of sp³-hybridized carbons (Fsp3) is 0.667. The van der Waals surface area contributed by atoms with Crippen molar-refractivity contribution in [2.45, 2.75) is 122 Å². The SMILES string of the molecule is CO[C@@H](C)c1ncc(N2CCN(C3CC3)CC2)cc1-c1c2c3cc(ccc3n1CCOC1CCOCC1)-c1csc(n1)[C@@H](N1CC3(COC3)C1)[C@H](NC(=O)C1[C@@H](C)[C@H]1C)C(=O)N1CCC[C@H](N1)C(=O)OCC(C)(C)C2. The molecule has 2 amide bonds. The van der Waals surface area contributed by atoms with E-state index < -0.39 is 29.5 Å². The number of rotatable bonds is 12. The number of thiazole rings is 1. The molecular weight excluding hydrogens is 971 g/mol. The average molecular weight is 1050 g/mol. The minimum atomic E-state index is -0.959. The first-order chi connectivity index (χ1) is 36.3. The molecule has 6 aliphatic heterocycles. The van der Waals surface area contributed by atoms with Crippen LogP contribution in [0.5, 0.6) is 0 Å². The van der Waals surface area contributed by atoms with Gasteiger partial charge in [0, 0.05) is 123 Å². The van der Waals surface area contributed by atoms with E-state index in [0.29, 0.717) is 65.4 Å². The first-order valence-corrected chi connectivity index (χ1v) is 28.8. The molecule has 1 spiro atoms. The summed E-state index contributed by atoms with van der Waals surface area (Å²) < 4.78 is 33.0. The number of carbonyl (C=O) groups excluding carboxylic acids is 3. The Balaban J connectivity index is 1.00. The van der Waals surface area contributed by atoms with Crippen LogP contribution in [0.1, 0.15) is 102 Å². The Kier molecular flexibility index (Phi) is 14.1. The van der Waals surface area contributed by atoms with Crippen molar-refractivity contribution in [1.82, 2.24) is 40.1 Å². The zero-order valence-electron chi connectivity index (χ0n) is 44.8. The van der Waals surface area contributed by atoms with E-state index >= 15 is 4.79 Å². The number of piperazine rings is 1. The Morgan fingerprint density at radius 3 is 2.44 bits per heavy atom. The van der Waals surface area contributed by atoms with E-state index in [-0.39, 0.29) is 53.8 Å². The van der Waals surface area contributed by atoms with Gasteiger partial charge >= 0.3 is 5.97 Å². The maximum Gasteiger partial charge on any atom is 0.324 e. The molecule has 2 aliphatic carbocycles. The van der Waals surface area contributed by atoms with E-state index in [9.17, 15) is 9.59 Å². The fourth-order valence-corrected chi connectivity index (χ4v) is 14.0. The Morgan fingerprint density at radius 2 is 1.73 bits per heavy atom. The third-order valence-electron chi connectivity index (χ3n) is 18.0. The van der Waals surface area contributed by atoms with Gasteiger partial charge in [-0.25, -0.2) is 10.4 Å². The molecule has 2 saturated carbocycles. The number of nitrogens with zero attached hydrogens (tertiary/aromatic N) is 7. The van der Waals surface area contributed by atoms with Gasteiger partial charge in [-0.2, -0.15) is 0 Å². The third-order valence-corrected chi connectivity index (χ3v) is 18.9. The van der Waals surface area contributed by atoms with Gasteiger partial charge in [-0.15, -0.1) is 11.3 Å². The van der Waals surface area contributed by atoms with Crippen molar-refractivity contribution < 1.29 is 38.1 Å². The molecule has 7 fully saturated rings. The summed E-state index contributed by atoms with van der Waals surface area (Å²) in [5.41, 5.74) is 10.8. The summed E-state index contributed by atoms with van der Waals surface area (Å²) in [6.07, 6.45) is 7.88. The third kappa shape index (κ3) is 10.2. The van der Waals surface area contributed by atoms with Gasteiger partial charge in [0.15, 0.2) is 0 Å². The molecule has 404 valence electrons. The molecule has 7 atom stereocenters. The molecule has 6 bridgehead atoms. The van der Waals surface area contributed by atoms with Crippen LogP contribution in [0.25, 0.3) is 33.4 Å². The molecule has 5 saturated heterocycles. The maximum absolute atomic E-state index is 15.2. The largest absolute Gasteiger partial charge is 0.464 e. The van der Waals surface area contributed by atoms with E-state index in [1.165, 1.54) is 24.2 Å². The molecule has 1 unspecified atom stereocenters. The highest BCUT2D eigenvalue weighted by molar-refractivity contribution is 7.10. The first-order valence-electron chi connectivity index (χ1n) is 28.0. The van der Waals surface area contributed by atoms with Crippen LogP contribution in [0.2, 0.25) is 0 Å². The lowest BCUT2D eigenvalue weighted by molar-refractivity contribution is -0.202. The zero-order valence-corrected chi connectivity index (χ0v) is 45.6. The molecule has 2 N–H and O–H groups in total. The highest BCUT2D eigenvalue weighted by atomic mass is 32.1. The summed E-state index contributed by atoms with van der Waals surface area (Å²) in [5.74, 6) is -0.536. The number of hydrogen-bond acceptors (Lipinski definition) is 15. The number of carbonyl (C=O) groups is 3. The van der Waals surface area contributed by atoms with E-state index in [1.54, 1.807) is 12.1 Å². The summed E-state index contributed by atoms with van der Waals surface area (Å²) in [6.45, 7) is 20.4. The number of fused-ring (bicyclic) bond motifs is 6. The molecule has 8 aliphatic rings. The van der Waals surface area contributed by atoms with Gasteiger partial charge in [0.05, 0.1) is 73.6 Å². The number of pyridine rings is 1. The number of hydrazine groups is 1. The van der Waals surface area contributed by atoms with Crippen molar-refractivity contribution in [2.75, 3.05) is 97.5 Å². The number of aromatic nitrogens is 3. The number of hydrogen-bond donors (Lipinski definition) is 2. The molecule has 1 aromatic carbocycles. The molecule has 18 heteroatoms. The highest BCUT2D eigenvalue weighted by Gasteiger charge is 2.56. The molecule has 17 nitrogen and oxygen atoms in total. The van der Waals surface area contributed by atoms with E-state index in [4.69, 9.17) is 33.7 Å². The summed E-state index contributed by atoms with van der Waals surface area (Å²) >= 11 is 1.53. The number of methoxy groups -OCH3 is 1. The molecule has 3 aromatic heterocycles. The second-order valence-electron chi connectivity index (χ2n) is 24.1. The van der Waals surface area contributed by atoms with Crippen LogP contribution in [0.4, 0.5) is 5.69 Å². The number of benzene rings is 1. The van der Waals surface area contributed by atoms with Crippen molar-refractivity contribution in [2.24, 2.45) is 28.6 Å². The lowest BCUT2D eigenvalue weighted by atomic mass is 9.76. The summed E-state index contributed by atoms with van der Waals surface area (Å²) in [7, 11) is 1.75. The van der Waals surface area contributed by atoms with Crippen LogP contribution in [-0.2, 0) is 51.0 Å². The number of ether oxygens (including phenoxy) is 5. The predicted molar refractivity (Wildman–Crippen MR) is 286 cm³/mol. The van der Waals surface area contributed by atoms with Crippen molar-refractivity contribution in [3.8, 4) is 22.5 Å². The molecule has 9 heterocycles. The Hall–Kier alpha value is -4.53. The molecule has 12 rings (SSSR count). The number of nitrogens with one attached hydrogen (secondary N) is 2. The maximum atomic E-state index is 15.2. The first kappa shape index (κ1) is 51.2. The van der Waals surface area contributed by atoms with E-state index in [1.807, 2.05) is 6.20 Å². The van der Waals surface area contributed by atoms with E-state index in [0.717, 1.165) is 114 Å². The monoisotopic (exact) mass is 1050 g/mol. The smallest absolute Gasteiger partial charge is 0.324 e. The summed E-state index contributed by atoms with van der Waals surface area (Å²) in [4.78, 5) is 62.0. The van der Waals surface area contributed by atoms with Crippen LogP contribution in [0, 0.1) is 28.6 Å². The van der Waals surface area contributed by atoms with Crippen molar-refractivity contribution >= 4 is 45.7 Å². The van der Waals surface area contributed by atoms with Gasteiger partial charge < -0.3 is 38.5 Å². The van der Waals surface area contributed by atoms with Gasteiger partial charge in [0.1, 0.15) is 17.1 Å². The van der Waals surface area contributed by atoms with E-state index in [2.05, 4.69) is 94.3 Å². The summed E-state index contributed by atoms with van der Waals surface area (Å²) in [5, 5.41) is 8.80. The number of likely N-dealkylation sites (tertiary alicyclic amines) is 1. The molecule has 75 heavy (non-hydrogen) atoms. The lowest BCUT2D eigenvalue weighted by Gasteiger charge is -2.58. The normalized spacial score (nSPS) is 28.9. The standard InChI is InChI=1S/C57H77N9O8S/c1-34-35(2)47(34)52(67)60-49-51(64-29-57(30-64)32-72-33-57)53-59-45(28-75-53)37-9-12-46-41(24-37)43(26-56(4,5)31-74-55(69)44-8-7-15-66(61-44)54(49)68)50(65(46)20-23-73-40-13-21-71-22-14-40)42-25-39(27-58-48(42)36(3)70-6)63-18-16-62(17-19-63)38-10-11-38/h9,12,24-25,27-28,34-36,38,40,44,47,49,51,61H,7-8,10-11,13-23,26,29-33H2,1-6H3,(H,60,67)/t34-,35+,36-,44-,47?,49-,51-/m0/s1. The quantitative estimate of drug-likeness (QED) is 0.150. The Morgan fingerprint density at radius 1 is 0.960 bits per heavy atom. The van der Waals surface area contributed by atoms with Crippen molar-refractivity contribution in [3.05, 3.63) is 52.1 Å². The average Bonchev–Trinajstić information content (AvgIpc) is 4.29. The Bertz CT molecular complexity index is 2760. The van der Waals surface area contributed by atoms with Crippen molar-refractivity contribution in [3.63, 3.8) is 0 Å². The highest BCUT2D eigenvalue weighted by Crippen LogP contribution is 2.48. The van der Waals surface area contributed by atoms with Crippen LogP contribution in [0.15, 0.2) is 35.8 Å². The van der Waals surface area contributed by atoms with Crippen LogP contribution in [-0.4, -0.2) is 164 Å². The minimum Gasteiger partial charge on any atom is -0.464 e. The van der Waals surface area contributed by atoms with Gasteiger partial charge in [0.2, 0.25) is 5.91 Å². The van der Waals surface area contributed by atoms with Gasteiger partial charge in [-0.1, -0.05) is 33.8 Å². The topological polar surface area (TPSA) is 165 Å². The van der Waals surface area contributed by atoms with Crippen LogP contribution >= 0.6 is 11.3 Å². The zero-order chi connectivity index (χ0) is 51.8. The van der Waals surface area contributed by atoms with Gasteiger partial charge in [0.25, 0.3) is 5.91 Å². The minimum absolute atomic E-state index is 0.0262. The van der Waals surface area contributed by atoms with Crippen molar-refractivity contribution in [1.29, 1.82) is 0 Å².